The topological polar surface area (TPSA) is 61.4 Å². The first-order valence-electron chi connectivity index (χ1n) is 3.73. The van der Waals surface area contributed by atoms with Crippen LogP contribution in [0.3, 0.4) is 0 Å². The number of hydrogen-bond donors (Lipinski definition) is 3. The minimum Gasteiger partial charge on any atom is -0.390 e. The molecule has 2 amide bonds. The van der Waals surface area contributed by atoms with Crippen LogP contribution < -0.4 is 10.6 Å². The molecule has 0 heterocycles. The zero-order valence-electron chi connectivity index (χ0n) is 7.37. The van der Waals surface area contributed by atoms with Crippen LogP contribution in [-0.4, -0.2) is 42.9 Å². The standard InChI is InChI=1S/C6H9F5N2O2/c7-5(8,3-14)1-12-4(15)13-2-6(9,10)11/h14H,1-3H2,(H2,12,13,15). The third kappa shape index (κ3) is 7.91. The maximum atomic E-state index is 12.3. The minimum atomic E-state index is -4.60. The van der Waals surface area contributed by atoms with Crippen LogP contribution in [0.5, 0.6) is 0 Å². The van der Waals surface area contributed by atoms with Crippen molar-refractivity contribution in [3.8, 4) is 0 Å². The fraction of sp³-hybridized carbons (Fsp3) is 0.833. The second kappa shape index (κ2) is 5.10. The lowest BCUT2D eigenvalue weighted by Crippen LogP contribution is -2.46. The Balaban J connectivity index is 3.77. The van der Waals surface area contributed by atoms with E-state index < -0.39 is 37.8 Å². The summed E-state index contributed by atoms with van der Waals surface area (Å²) in [6.07, 6.45) is -4.60. The van der Waals surface area contributed by atoms with Crippen molar-refractivity contribution in [2.24, 2.45) is 0 Å². The number of alkyl halides is 5. The zero-order chi connectivity index (χ0) is 12.1. The number of aliphatic hydroxyl groups is 1. The van der Waals surface area contributed by atoms with E-state index in [-0.39, 0.29) is 0 Å². The molecule has 0 saturated heterocycles. The van der Waals surface area contributed by atoms with Gasteiger partial charge in [-0.2, -0.15) is 13.2 Å². The molecule has 0 aliphatic carbocycles. The fourth-order valence-corrected chi connectivity index (χ4v) is 0.508. The van der Waals surface area contributed by atoms with Crippen LogP contribution in [0.2, 0.25) is 0 Å². The van der Waals surface area contributed by atoms with E-state index in [4.69, 9.17) is 5.11 Å². The molecule has 0 aromatic rings. The second-order valence-corrected chi connectivity index (χ2v) is 2.67. The van der Waals surface area contributed by atoms with Crippen molar-refractivity contribution in [2.75, 3.05) is 19.7 Å². The number of aliphatic hydroxyl groups excluding tert-OH is 1. The molecule has 0 aliphatic rings. The zero-order valence-corrected chi connectivity index (χ0v) is 7.37. The van der Waals surface area contributed by atoms with Crippen LogP contribution in [0.15, 0.2) is 0 Å². The van der Waals surface area contributed by atoms with Crippen LogP contribution in [-0.2, 0) is 0 Å². The molecule has 0 fully saturated rings. The number of urea groups is 1. The summed E-state index contributed by atoms with van der Waals surface area (Å²) in [6.45, 7) is -4.33. The van der Waals surface area contributed by atoms with Crippen molar-refractivity contribution in [1.82, 2.24) is 10.6 Å². The lowest BCUT2D eigenvalue weighted by molar-refractivity contribution is -0.122. The largest absolute Gasteiger partial charge is 0.405 e. The Labute approximate surface area is 81.4 Å². The van der Waals surface area contributed by atoms with E-state index in [1.165, 1.54) is 10.6 Å². The third-order valence-electron chi connectivity index (χ3n) is 1.19. The van der Waals surface area contributed by atoms with Gasteiger partial charge in [0.15, 0.2) is 0 Å². The van der Waals surface area contributed by atoms with Gasteiger partial charge in [-0.1, -0.05) is 0 Å². The average molecular weight is 236 g/mol. The Bertz CT molecular complexity index is 218. The highest BCUT2D eigenvalue weighted by molar-refractivity contribution is 5.73. The molecular formula is C6H9F5N2O2. The third-order valence-corrected chi connectivity index (χ3v) is 1.19. The van der Waals surface area contributed by atoms with Crippen molar-refractivity contribution in [1.29, 1.82) is 0 Å². The van der Waals surface area contributed by atoms with Gasteiger partial charge in [-0.25, -0.2) is 13.6 Å². The molecule has 0 radical (unpaired) electrons. The number of amides is 2. The van der Waals surface area contributed by atoms with E-state index in [1.54, 1.807) is 0 Å². The minimum absolute atomic E-state index is 1.23. The van der Waals surface area contributed by atoms with Gasteiger partial charge in [0.25, 0.3) is 5.92 Å². The Morgan fingerprint density at radius 2 is 1.53 bits per heavy atom. The maximum Gasteiger partial charge on any atom is 0.405 e. The van der Waals surface area contributed by atoms with E-state index in [1.807, 2.05) is 0 Å². The first-order chi connectivity index (χ1) is 6.66. The molecule has 0 aliphatic heterocycles. The van der Waals surface area contributed by atoms with E-state index in [9.17, 15) is 26.7 Å². The SMILES string of the molecule is O=C(NCC(F)(F)F)NCC(F)(F)CO. The summed E-state index contributed by atoms with van der Waals surface area (Å²) in [7, 11) is 0. The van der Waals surface area contributed by atoms with Crippen molar-refractivity contribution < 1.29 is 31.9 Å². The molecule has 0 aromatic heterocycles. The van der Waals surface area contributed by atoms with Crippen LogP contribution in [0.25, 0.3) is 0 Å². The number of carbonyl (C=O) groups is 1. The van der Waals surface area contributed by atoms with Crippen molar-refractivity contribution in [3.05, 3.63) is 0 Å². The van der Waals surface area contributed by atoms with Gasteiger partial charge < -0.3 is 15.7 Å². The highest BCUT2D eigenvalue weighted by atomic mass is 19.4. The van der Waals surface area contributed by atoms with Crippen LogP contribution in [0, 0.1) is 0 Å². The molecule has 0 aromatic carbocycles. The second-order valence-electron chi connectivity index (χ2n) is 2.67. The van der Waals surface area contributed by atoms with Crippen LogP contribution in [0.4, 0.5) is 26.7 Å². The Morgan fingerprint density at radius 1 is 1.07 bits per heavy atom. The molecule has 4 nitrogen and oxygen atoms in total. The van der Waals surface area contributed by atoms with Gasteiger partial charge in [0.1, 0.15) is 13.2 Å². The summed E-state index contributed by atoms with van der Waals surface area (Å²) >= 11 is 0. The van der Waals surface area contributed by atoms with E-state index in [0.717, 1.165) is 0 Å². The molecule has 9 heteroatoms. The predicted octanol–water partition coefficient (Wildman–Crippen LogP) is 0.476. The molecule has 0 atom stereocenters. The van der Waals surface area contributed by atoms with Gasteiger partial charge in [-0.05, 0) is 0 Å². The molecule has 0 spiro atoms. The Hall–Kier alpha value is -1.12. The van der Waals surface area contributed by atoms with Gasteiger partial charge in [0.2, 0.25) is 0 Å². The van der Waals surface area contributed by atoms with E-state index in [2.05, 4.69) is 0 Å². The number of nitrogens with one attached hydrogen (secondary N) is 2. The summed E-state index contributed by atoms with van der Waals surface area (Å²) < 4.78 is 59.1. The van der Waals surface area contributed by atoms with E-state index >= 15 is 0 Å². The number of rotatable bonds is 4. The van der Waals surface area contributed by atoms with Crippen LogP contribution in [0.1, 0.15) is 0 Å². The van der Waals surface area contributed by atoms with Gasteiger partial charge in [-0.15, -0.1) is 0 Å². The number of carbonyl (C=O) groups excluding carboxylic acids is 1. The summed E-state index contributed by atoms with van der Waals surface area (Å²) in [5, 5.41) is 10.9. The van der Waals surface area contributed by atoms with Crippen molar-refractivity contribution in [3.63, 3.8) is 0 Å². The normalized spacial score (nSPS) is 12.4. The highest BCUT2D eigenvalue weighted by Crippen LogP contribution is 2.12. The molecular weight excluding hydrogens is 227 g/mol. The fourth-order valence-electron chi connectivity index (χ4n) is 0.508. The molecule has 90 valence electrons. The van der Waals surface area contributed by atoms with Gasteiger partial charge in [0, 0.05) is 0 Å². The summed E-state index contributed by atoms with van der Waals surface area (Å²) in [4.78, 5) is 10.5. The lowest BCUT2D eigenvalue weighted by Gasteiger charge is -2.14. The molecule has 0 unspecified atom stereocenters. The first-order valence-corrected chi connectivity index (χ1v) is 3.73. The summed E-state index contributed by atoms with van der Waals surface area (Å²) in [5.41, 5.74) is 0. The van der Waals surface area contributed by atoms with Crippen LogP contribution >= 0.6 is 0 Å². The number of halogens is 5. The van der Waals surface area contributed by atoms with Gasteiger partial charge in [0.05, 0.1) is 6.54 Å². The van der Waals surface area contributed by atoms with Crippen molar-refractivity contribution in [2.45, 2.75) is 12.1 Å². The van der Waals surface area contributed by atoms with Gasteiger partial charge >= 0.3 is 12.2 Å². The molecule has 0 saturated carbocycles. The smallest absolute Gasteiger partial charge is 0.390 e. The maximum absolute atomic E-state index is 12.3. The first kappa shape index (κ1) is 13.9. The highest BCUT2D eigenvalue weighted by Gasteiger charge is 2.30. The Kier molecular flexibility index (Phi) is 4.72. The molecule has 0 bridgehead atoms. The molecule has 15 heavy (non-hydrogen) atoms. The lowest BCUT2D eigenvalue weighted by atomic mass is 10.3. The monoisotopic (exact) mass is 236 g/mol. The molecule has 0 rings (SSSR count). The quantitative estimate of drug-likeness (QED) is 0.621. The predicted molar refractivity (Wildman–Crippen MR) is 39.5 cm³/mol. The average Bonchev–Trinajstić information content (AvgIpc) is 2.10. The summed E-state index contributed by atoms with van der Waals surface area (Å²) in [5.74, 6) is -3.55. The molecule has 3 N–H and O–H groups in total. The van der Waals surface area contributed by atoms with E-state index in [0.29, 0.717) is 0 Å². The van der Waals surface area contributed by atoms with Gasteiger partial charge in [-0.3, -0.25) is 0 Å². The number of hydrogen-bond acceptors (Lipinski definition) is 2. The summed E-state index contributed by atoms with van der Waals surface area (Å²) in [6, 6.07) is -1.37. The Morgan fingerprint density at radius 3 is 1.93 bits per heavy atom. The van der Waals surface area contributed by atoms with Crippen molar-refractivity contribution >= 4 is 6.03 Å².